The van der Waals surface area contributed by atoms with Crippen LogP contribution in [0.5, 0.6) is 0 Å². The Morgan fingerprint density at radius 2 is 1.84 bits per heavy atom. The Hall–Kier alpha value is -0.980. The van der Waals surface area contributed by atoms with E-state index in [1.807, 2.05) is 0 Å². The van der Waals surface area contributed by atoms with Gasteiger partial charge in [0.15, 0.2) is 0 Å². The molecule has 1 heteroatoms. The Morgan fingerprint density at radius 1 is 1.05 bits per heavy atom. The molecule has 0 heterocycles. The average molecular weight is 259 g/mol. The largest absolute Gasteiger partial charge is 0.383 e. The first-order chi connectivity index (χ1) is 9.29. The van der Waals surface area contributed by atoms with Gasteiger partial charge in [-0.05, 0) is 55.9 Å². The number of anilines is 1. The predicted octanol–water partition coefficient (Wildman–Crippen LogP) is 5.34. The molecule has 1 aromatic carbocycles. The van der Waals surface area contributed by atoms with E-state index in [9.17, 15) is 0 Å². The van der Waals surface area contributed by atoms with E-state index >= 15 is 0 Å². The number of fused-ring (bicyclic) bond motifs is 1. The maximum atomic E-state index is 3.66. The molecule has 0 saturated carbocycles. The van der Waals surface area contributed by atoms with Gasteiger partial charge >= 0.3 is 0 Å². The summed E-state index contributed by atoms with van der Waals surface area (Å²) in [7, 11) is 0. The zero-order valence-electron chi connectivity index (χ0n) is 12.7. The molecule has 1 aliphatic rings. The van der Waals surface area contributed by atoms with Crippen molar-refractivity contribution in [2.45, 2.75) is 77.7 Å². The number of nitrogens with one attached hydrogen (secondary N) is 1. The Kier molecular flexibility index (Phi) is 5.75. The van der Waals surface area contributed by atoms with Crippen LogP contribution < -0.4 is 5.32 Å². The molecular formula is C18H29N. The summed E-state index contributed by atoms with van der Waals surface area (Å²) in [6.07, 6.45) is 12.1. The monoisotopic (exact) mass is 259 g/mol. The molecule has 0 radical (unpaired) electrons. The van der Waals surface area contributed by atoms with Gasteiger partial charge in [0, 0.05) is 11.7 Å². The minimum absolute atomic E-state index is 0.598. The van der Waals surface area contributed by atoms with E-state index in [0.717, 1.165) is 0 Å². The lowest BCUT2D eigenvalue weighted by Crippen LogP contribution is -2.15. The Bertz CT molecular complexity index is 383. The number of rotatable bonds is 8. The van der Waals surface area contributed by atoms with Crippen LogP contribution in [-0.2, 0) is 12.8 Å². The fourth-order valence-electron chi connectivity index (χ4n) is 3.07. The summed E-state index contributed by atoms with van der Waals surface area (Å²) in [5.74, 6) is 0. The van der Waals surface area contributed by atoms with Gasteiger partial charge in [-0.3, -0.25) is 0 Å². The number of unbranched alkanes of at least 4 members (excludes halogenated alkanes) is 4. The van der Waals surface area contributed by atoms with Gasteiger partial charge in [-0.1, -0.05) is 45.1 Å². The van der Waals surface area contributed by atoms with E-state index < -0.39 is 0 Å². The third kappa shape index (κ3) is 4.56. The Morgan fingerprint density at radius 3 is 2.68 bits per heavy atom. The zero-order valence-corrected chi connectivity index (χ0v) is 12.7. The molecule has 1 N–H and O–H groups in total. The normalized spacial score (nSPS) is 15.3. The first-order valence-corrected chi connectivity index (χ1v) is 8.18. The van der Waals surface area contributed by atoms with Gasteiger partial charge in [0.1, 0.15) is 0 Å². The lowest BCUT2D eigenvalue weighted by Gasteiger charge is -2.16. The van der Waals surface area contributed by atoms with Crippen LogP contribution in [0.4, 0.5) is 5.69 Å². The van der Waals surface area contributed by atoms with Crippen molar-refractivity contribution >= 4 is 5.69 Å². The fraction of sp³-hybridized carbons (Fsp3) is 0.667. The standard InChI is InChI=1S/C18H29N/c1-3-4-5-6-7-9-15(2)19-18-13-12-16-10-8-11-17(16)14-18/h12-15,19H,3-11H2,1-2H3. The fourth-order valence-corrected chi connectivity index (χ4v) is 3.07. The smallest absolute Gasteiger partial charge is 0.0345 e. The minimum atomic E-state index is 0.598. The topological polar surface area (TPSA) is 12.0 Å². The molecule has 0 aliphatic heterocycles. The molecule has 0 aromatic heterocycles. The van der Waals surface area contributed by atoms with E-state index in [1.54, 1.807) is 11.1 Å². The molecule has 1 unspecified atom stereocenters. The Labute approximate surface area is 118 Å². The Balaban J connectivity index is 1.71. The molecular weight excluding hydrogens is 230 g/mol. The summed E-state index contributed by atoms with van der Waals surface area (Å²) in [5, 5.41) is 3.66. The van der Waals surface area contributed by atoms with Gasteiger partial charge in [-0.25, -0.2) is 0 Å². The van der Waals surface area contributed by atoms with Crippen molar-refractivity contribution < 1.29 is 0 Å². The summed E-state index contributed by atoms with van der Waals surface area (Å²) in [6, 6.07) is 7.55. The molecule has 0 saturated heterocycles. The lowest BCUT2D eigenvalue weighted by molar-refractivity contribution is 0.578. The third-order valence-electron chi connectivity index (χ3n) is 4.25. The first kappa shape index (κ1) is 14.4. The van der Waals surface area contributed by atoms with Gasteiger partial charge < -0.3 is 5.32 Å². The van der Waals surface area contributed by atoms with Crippen molar-refractivity contribution in [1.82, 2.24) is 0 Å². The summed E-state index contributed by atoms with van der Waals surface area (Å²) >= 11 is 0. The van der Waals surface area contributed by atoms with E-state index in [-0.39, 0.29) is 0 Å². The van der Waals surface area contributed by atoms with Gasteiger partial charge in [0.25, 0.3) is 0 Å². The molecule has 0 spiro atoms. The van der Waals surface area contributed by atoms with E-state index in [4.69, 9.17) is 0 Å². The number of hydrogen-bond donors (Lipinski definition) is 1. The zero-order chi connectivity index (χ0) is 13.5. The quantitative estimate of drug-likeness (QED) is 0.622. The van der Waals surface area contributed by atoms with Crippen molar-refractivity contribution in [1.29, 1.82) is 0 Å². The summed E-state index contributed by atoms with van der Waals surface area (Å²) in [5.41, 5.74) is 4.46. The molecule has 0 bridgehead atoms. The van der Waals surface area contributed by atoms with Crippen molar-refractivity contribution in [2.75, 3.05) is 5.32 Å². The van der Waals surface area contributed by atoms with Gasteiger partial charge in [-0.2, -0.15) is 0 Å². The second kappa shape index (κ2) is 7.57. The van der Waals surface area contributed by atoms with Crippen molar-refractivity contribution in [3.05, 3.63) is 29.3 Å². The van der Waals surface area contributed by atoms with Crippen LogP contribution >= 0.6 is 0 Å². The van der Waals surface area contributed by atoms with E-state index in [2.05, 4.69) is 37.4 Å². The van der Waals surface area contributed by atoms with E-state index in [1.165, 1.54) is 63.5 Å². The molecule has 19 heavy (non-hydrogen) atoms. The average Bonchev–Trinajstić information content (AvgIpc) is 2.86. The van der Waals surface area contributed by atoms with Crippen LogP contribution in [0.2, 0.25) is 0 Å². The minimum Gasteiger partial charge on any atom is -0.383 e. The molecule has 0 fully saturated rings. The molecule has 2 rings (SSSR count). The molecule has 1 aromatic rings. The number of aryl methyl sites for hydroxylation is 2. The first-order valence-electron chi connectivity index (χ1n) is 8.18. The highest BCUT2D eigenvalue weighted by atomic mass is 14.9. The van der Waals surface area contributed by atoms with Crippen molar-refractivity contribution in [3.63, 3.8) is 0 Å². The highest BCUT2D eigenvalue weighted by Crippen LogP contribution is 2.25. The van der Waals surface area contributed by atoms with Crippen LogP contribution in [0.25, 0.3) is 0 Å². The predicted molar refractivity (Wildman–Crippen MR) is 84.9 cm³/mol. The highest BCUT2D eigenvalue weighted by Gasteiger charge is 2.11. The molecule has 106 valence electrons. The molecule has 1 nitrogen and oxygen atoms in total. The maximum Gasteiger partial charge on any atom is 0.0345 e. The van der Waals surface area contributed by atoms with Crippen molar-refractivity contribution in [2.24, 2.45) is 0 Å². The van der Waals surface area contributed by atoms with Gasteiger partial charge in [-0.15, -0.1) is 0 Å². The summed E-state index contributed by atoms with van der Waals surface area (Å²) in [6.45, 7) is 4.59. The van der Waals surface area contributed by atoms with Gasteiger partial charge in [0.2, 0.25) is 0 Å². The maximum absolute atomic E-state index is 3.66. The second-order valence-corrected chi connectivity index (χ2v) is 6.09. The summed E-state index contributed by atoms with van der Waals surface area (Å²) < 4.78 is 0. The third-order valence-corrected chi connectivity index (χ3v) is 4.25. The van der Waals surface area contributed by atoms with Gasteiger partial charge in [0.05, 0.1) is 0 Å². The highest BCUT2D eigenvalue weighted by molar-refractivity contribution is 5.50. The van der Waals surface area contributed by atoms with Crippen LogP contribution in [0.15, 0.2) is 18.2 Å². The lowest BCUT2D eigenvalue weighted by atomic mass is 10.1. The molecule has 0 amide bonds. The summed E-state index contributed by atoms with van der Waals surface area (Å²) in [4.78, 5) is 0. The van der Waals surface area contributed by atoms with E-state index in [0.29, 0.717) is 6.04 Å². The SMILES string of the molecule is CCCCCCCC(C)Nc1ccc2c(c1)CCC2. The number of benzene rings is 1. The molecule has 1 aliphatic carbocycles. The van der Waals surface area contributed by atoms with Crippen LogP contribution in [0.1, 0.15) is 69.9 Å². The molecule has 1 atom stereocenters. The van der Waals surface area contributed by atoms with Crippen molar-refractivity contribution in [3.8, 4) is 0 Å². The second-order valence-electron chi connectivity index (χ2n) is 6.09. The van der Waals surface area contributed by atoms with Crippen LogP contribution in [0.3, 0.4) is 0 Å². The van der Waals surface area contributed by atoms with Crippen LogP contribution in [-0.4, -0.2) is 6.04 Å². The number of hydrogen-bond acceptors (Lipinski definition) is 1. The van der Waals surface area contributed by atoms with Crippen LogP contribution in [0, 0.1) is 0 Å².